The summed E-state index contributed by atoms with van der Waals surface area (Å²) in [5.74, 6) is 1.34. The number of amides is 1. The number of hydrogen-bond donors (Lipinski definition) is 2. The number of rotatable bonds is 3. The van der Waals surface area contributed by atoms with Gasteiger partial charge in [0.15, 0.2) is 0 Å². The Morgan fingerprint density at radius 2 is 2.17 bits per heavy atom. The smallest absolute Gasteiger partial charge is 0.251 e. The molecule has 1 aromatic carbocycles. The molecule has 2 rings (SSSR count). The summed E-state index contributed by atoms with van der Waals surface area (Å²) < 4.78 is 0. The first-order valence-corrected chi connectivity index (χ1v) is 6.80. The van der Waals surface area contributed by atoms with E-state index in [1.54, 1.807) is 18.2 Å². The first-order valence-electron chi connectivity index (χ1n) is 6.80. The van der Waals surface area contributed by atoms with Crippen LogP contribution < -0.4 is 11.1 Å². The van der Waals surface area contributed by atoms with Crippen LogP contribution in [0.15, 0.2) is 24.3 Å². The van der Waals surface area contributed by atoms with Gasteiger partial charge in [0, 0.05) is 17.8 Å². The van der Waals surface area contributed by atoms with Crippen molar-refractivity contribution in [3.8, 4) is 0 Å². The lowest BCUT2D eigenvalue weighted by atomic mass is 9.80. The topological polar surface area (TPSA) is 55.1 Å². The first kappa shape index (κ1) is 12.9. The number of carbonyl (C=O) groups is 1. The van der Waals surface area contributed by atoms with Crippen LogP contribution in [-0.2, 0) is 0 Å². The predicted molar refractivity (Wildman–Crippen MR) is 74.3 cm³/mol. The predicted octanol–water partition coefficient (Wildman–Crippen LogP) is 2.82. The van der Waals surface area contributed by atoms with Gasteiger partial charge in [-0.05, 0) is 36.5 Å². The zero-order chi connectivity index (χ0) is 13.0. The lowest BCUT2D eigenvalue weighted by molar-refractivity contribution is 0.0936. The van der Waals surface area contributed by atoms with E-state index >= 15 is 0 Å². The molecule has 0 radical (unpaired) electrons. The van der Waals surface area contributed by atoms with E-state index in [0.29, 0.717) is 17.2 Å². The van der Waals surface area contributed by atoms with Crippen LogP contribution in [0, 0.1) is 11.8 Å². The molecule has 3 N–H and O–H groups in total. The van der Waals surface area contributed by atoms with Crippen LogP contribution in [-0.4, -0.2) is 12.5 Å². The number of hydrogen-bond acceptors (Lipinski definition) is 2. The molecule has 3 nitrogen and oxygen atoms in total. The Bertz CT molecular complexity index is 417. The number of nitrogens with one attached hydrogen (secondary N) is 1. The minimum Gasteiger partial charge on any atom is -0.399 e. The van der Waals surface area contributed by atoms with Crippen molar-refractivity contribution in [2.75, 3.05) is 12.3 Å². The molecule has 1 saturated carbocycles. The van der Waals surface area contributed by atoms with Gasteiger partial charge >= 0.3 is 0 Å². The molecule has 0 saturated heterocycles. The molecule has 3 heteroatoms. The monoisotopic (exact) mass is 246 g/mol. The summed E-state index contributed by atoms with van der Waals surface area (Å²) >= 11 is 0. The van der Waals surface area contributed by atoms with E-state index in [1.807, 2.05) is 6.07 Å². The molecule has 0 heterocycles. The van der Waals surface area contributed by atoms with Crippen molar-refractivity contribution in [2.24, 2.45) is 11.8 Å². The van der Waals surface area contributed by atoms with E-state index in [1.165, 1.54) is 25.7 Å². The molecule has 0 spiro atoms. The van der Waals surface area contributed by atoms with E-state index in [-0.39, 0.29) is 5.91 Å². The van der Waals surface area contributed by atoms with Crippen LogP contribution in [0.1, 0.15) is 43.0 Å². The molecule has 2 unspecified atom stereocenters. The molecule has 98 valence electrons. The first-order chi connectivity index (χ1) is 8.66. The summed E-state index contributed by atoms with van der Waals surface area (Å²) in [6.45, 7) is 3.07. The van der Waals surface area contributed by atoms with Crippen molar-refractivity contribution in [1.82, 2.24) is 5.32 Å². The quantitative estimate of drug-likeness (QED) is 0.806. The highest BCUT2D eigenvalue weighted by Crippen LogP contribution is 2.28. The van der Waals surface area contributed by atoms with Gasteiger partial charge in [-0.3, -0.25) is 4.79 Å². The fraction of sp³-hybridized carbons (Fsp3) is 0.533. The fourth-order valence-corrected chi connectivity index (χ4v) is 2.70. The lowest BCUT2D eigenvalue weighted by Crippen LogP contribution is -2.33. The normalized spacial score (nSPS) is 23.6. The van der Waals surface area contributed by atoms with Gasteiger partial charge in [0.2, 0.25) is 0 Å². The highest BCUT2D eigenvalue weighted by Gasteiger charge is 2.21. The zero-order valence-electron chi connectivity index (χ0n) is 11.0. The second-order valence-corrected chi connectivity index (χ2v) is 5.36. The average Bonchev–Trinajstić information content (AvgIpc) is 2.37. The standard InChI is InChI=1S/C15H22N2O/c1-11-5-2-3-6-13(11)10-17-15(18)12-7-4-8-14(16)9-12/h4,7-9,11,13H,2-3,5-6,10,16H2,1H3,(H,17,18). The van der Waals surface area contributed by atoms with E-state index in [2.05, 4.69) is 12.2 Å². The Balaban J connectivity index is 1.88. The fourth-order valence-electron chi connectivity index (χ4n) is 2.70. The average molecular weight is 246 g/mol. The summed E-state index contributed by atoms with van der Waals surface area (Å²) in [7, 11) is 0. The number of nitrogen functional groups attached to an aromatic ring is 1. The molecular formula is C15H22N2O. The Kier molecular flexibility index (Phi) is 4.24. The SMILES string of the molecule is CC1CCCCC1CNC(=O)c1cccc(N)c1. The van der Waals surface area contributed by atoms with Crippen LogP contribution in [0.4, 0.5) is 5.69 Å². The third-order valence-corrected chi connectivity index (χ3v) is 3.96. The van der Waals surface area contributed by atoms with Gasteiger partial charge in [-0.25, -0.2) is 0 Å². The van der Waals surface area contributed by atoms with Crippen molar-refractivity contribution in [1.29, 1.82) is 0 Å². The number of benzene rings is 1. The second-order valence-electron chi connectivity index (χ2n) is 5.36. The molecule has 0 aromatic heterocycles. The van der Waals surface area contributed by atoms with Crippen LogP contribution >= 0.6 is 0 Å². The zero-order valence-corrected chi connectivity index (χ0v) is 11.0. The summed E-state index contributed by atoms with van der Waals surface area (Å²) in [6, 6.07) is 7.13. The van der Waals surface area contributed by atoms with Crippen molar-refractivity contribution >= 4 is 11.6 Å². The Hall–Kier alpha value is -1.51. The Morgan fingerprint density at radius 3 is 2.89 bits per heavy atom. The minimum atomic E-state index is -0.0138. The third-order valence-electron chi connectivity index (χ3n) is 3.96. The highest BCUT2D eigenvalue weighted by atomic mass is 16.1. The Labute approximate surface area is 109 Å². The van der Waals surface area contributed by atoms with Gasteiger partial charge in [-0.2, -0.15) is 0 Å². The molecule has 2 atom stereocenters. The number of nitrogens with two attached hydrogens (primary N) is 1. The van der Waals surface area contributed by atoms with Gasteiger partial charge in [0.1, 0.15) is 0 Å². The molecule has 0 bridgehead atoms. The van der Waals surface area contributed by atoms with E-state index in [4.69, 9.17) is 5.73 Å². The van der Waals surface area contributed by atoms with E-state index in [9.17, 15) is 4.79 Å². The maximum atomic E-state index is 12.0. The summed E-state index contributed by atoms with van der Waals surface area (Å²) in [4.78, 5) is 12.0. The maximum absolute atomic E-state index is 12.0. The number of carbonyl (C=O) groups excluding carboxylic acids is 1. The van der Waals surface area contributed by atoms with Crippen LogP contribution in [0.3, 0.4) is 0 Å². The van der Waals surface area contributed by atoms with Gasteiger partial charge < -0.3 is 11.1 Å². The molecule has 0 aliphatic heterocycles. The molecular weight excluding hydrogens is 224 g/mol. The van der Waals surface area contributed by atoms with Crippen LogP contribution in [0.25, 0.3) is 0 Å². The van der Waals surface area contributed by atoms with Crippen molar-refractivity contribution < 1.29 is 4.79 Å². The van der Waals surface area contributed by atoms with Gasteiger partial charge in [0.25, 0.3) is 5.91 Å². The van der Waals surface area contributed by atoms with Crippen LogP contribution in [0.2, 0.25) is 0 Å². The molecule has 1 amide bonds. The lowest BCUT2D eigenvalue weighted by Gasteiger charge is -2.28. The van der Waals surface area contributed by atoms with Gasteiger partial charge in [-0.15, -0.1) is 0 Å². The molecule has 18 heavy (non-hydrogen) atoms. The highest BCUT2D eigenvalue weighted by molar-refractivity contribution is 5.94. The largest absolute Gasteiger partial charge is 0.399 e. The minimum absolute atomic E-state index is 0.0138. The molecule has 1 aliphatic rings. The summed E-state index contributed by atoms with van der Waals surface area (Å²) in [5.41, 5.74) is 6.96. The summed E-state index contributed by atoms with van der Waals surface area (Å²) in [5, 5.41) is 3.03. The third kappa shape index (κ3) is 3.25. The van der Waals surface area contributed by atoms with Gasteiger partial charge in [0.05, 0.1) is 0 Å². The number of anilines is 1. The van der Waals surface area contributed by atoms with Crippen molar-refractivity contribution in [2.45, 2.75) is 32.6 Å². The van der Waals surface area contributed by atoms with Crippen molar-refractivity contribution in [3.05, 3.63) is 29.8 Å². The maximum Gasteiger partial charge on any atom is 0.251 e. The van der Waals surface area contributed by atoms with Crippen LogP contribution in [0.5, 0.6) is 0 Å². The molecule has 1 aromatic rings. The second kappa shape index (κ2) is 5.89. The molecule has 1 aliphatic carbocycles. The van der Waals surface area contributed by atoms with E-state index < -0.39 is 0 Å². The summed E-state index contributed by atoms with van der Waals surface area (Å²) in [6.07, 6.45) is 5.15. The van der Waals surface area contributed by atoms with Crippen molar-refractivity contribution in [3.63, 3.8) is 0 Å². The van der Waals surface area contributed by atoms with E-state index in [0.717, 1.165) is 12.5 Å². The Morgan fingerprint density at radius 1 is 1.39 bits per heavy atom. The molecule has 1 fully saturated rings. The van der Waals surface area contributed by atoms with Gasteiger partial charge in [-0.1, -0.05) is 32.3 Å².